The molecule has 1 saturated heterocycles. The number of hydrogen-bond donors (Lipinski definition) is 1. The fourth-order valence-corrected chi connectivity index (χ4v) is 4.10. The maximum atomic E-state index is 6.70. The van der Waals surface area contributed by atoms with Gasteiger partial charge in [0.05, 0.1) is 6.10 Å². The third kappa shape index (κ3) is 5.47. The summed E-state index contributed by atoms with van der Waals surface area (Å²) in [6.45, 7) is 3.20. The average Bonchev–Trinajstić information content (AvgIpc) is 2.79. The van der Waals surface area contributed by atoms with E-state index in [4.69, 9.17) is 10.5 Å². The first-order valence-electron chi connectivity index (χ1n) is 10.6. The zero-order valence-electron chi connectivity index (χ0n) is 16.9. The van der Waals surface area contributed by atoms with Gasteiger partial charge in [-0.1, -0.05) is 72.8 Å². The maximum absolute atomic E-state index is 6.70. The summed E-state index contributed by atoms with van der Waals surface area (Å²) < 4.78 is 6.70. The Hall–Kier alpha value is -2.62. The fourth-order valence-electron chi connectivity index (χ4n) is 4.10. The summed E-state index contributed by atoms with van der Waals surface area (Å²) >= 11 is 0. The van der Waals surface area contributed by atoms with Gasteiger partial charge in [-0.3, -0.25) is 0 Å². The minimum Gasteiger partial charge on any atom is -0.399 e. The smallest absolute Gasteiger partial charge is 0.108 e. The molecule has 0 spiro atoms. The van der Waals surface area contributed by atoms with Crippen molar-refractivity contribution >= 4 is 5.69 Å². The van der Waals surface area contributed by atoms with Gasteiger partial charge in [0, 0.05) is 18.8 Å². The van der Waals surface area contributed by atoms with Crippen LogP contribution in [0.25, 0.3) is 0 Å². The third-order valence-electron chi connectivity index (χ3n) is 5.69. The number of rotatable bonds is 7. The molecule has 29 heavy (non-hydrogen) atoms. The van der Waals surface area contributed by atoms with E-state index in [0.717, 1.165) is 38.2 Å². The molecule has 0 amide bonds. The number of likely N-dealkylation sites (tertiary alicyclic amines) is 1. The van der Waals surface area contributed by atoms with Crippen molar-refractivity contribution in [2.75, 3.05) is 25.4 Å². The standard InChI is InChI=1S/C26H30N2O/c27-24-15-13-21(14-16-24)17-19-28-18-7-12-25(20-28)29-26(22-8-3-1-4-9-22)23-10-5-2-6-11-23/h1-6,8-11,13-16,25-26H,7,12,17-20,27H2. The van der Waals surface area contributed by atoms with Crippen LogP contribution in [0.1, 0.15) is 35.6 Å². The first-order valence-corrected chi connectivity index (χ1v) is 10.6. The van der Waals surface area contributed by atoms with Crippen molar-refractivity contribution in [2.24, 2.45) is 0 Å². The largest absolute Gasteiger partial charge is 0.399 e. The van der Waals surface area contributed by atoms with Gasteiger partial charge in [-0.25, -0.2) is 0 Å². The Labute approximate surface area is 174 Å². The second-order valence-corrected chi connectivity index (χ2v) is 7.89. The monoisotopic (exact) mass is 386 g/mol. The lowest BCUT2D eigenvalue weighted by Crippen LogP contribution is -2.41. The Morgan fingerprint density at radius 3 is 2.10 bits per heavy atom. The molecule has 3 aromatic rings. The van der Waals surface area contributed by atoms with Crippen LogP contribution in [0, 0.1) is 0 Å². The van der Waals surface area contributed by atoms with Crippen molar-refractivity contribution in [1.82, 2.24) is 4.90 Å². The Morgan fingerprint density at radius 1 is 0.862 bits per heavy atom. The van der Waals surface area contributed by atoms with E-state index in [2.05, 4.69) is 77.7 Å². The summed E-state index contributed by atoms with van der Waals surface area (Å²) in [7, 11) is 0. The molecule has 1 aliphatic rings. The number of nitrogens with zero attached hydrogens (tertiary/aromatic N) is 1. The van der Waals surface area contributed by atoms with Crippen LogP contribution in [0.3, 0.4) is 0 Å². The molecule has 1 fully saturated rings. The van der Waals surface area contributed by atoms with Crippen LogP contribution in [0.4, 0.5) is 5.69 Å². The summed E-state index contributed by atoms with van der Waals surface area (Å²) in [5.74, 6) is 0. The number of anilines is 1. The van der Waals surface area contributed by atoms with Crippen molar-refractivity contribution < 1.29 is 4.74 Å². The molecule has 3 heteroatoms. The number of nitrogens with two attached hydrogens (primary N) is 1. The predicted molar refractivity (Wildman–Crippen MR) is 120 cm³/mol. The number of ether oxygens (including phenoxy) is 1. The van der Waals surface area contributed by atoms with Crippen LogP contribution in [0.15, 0.2) is 84.9 Å². The lowest BCUT2D eigenvalue weighted by Gasteiger charge is -2.35. The number of hydrogen-bond acceptors (Lipinski definition) is 3. The Bertz CT molecular complexity index is 825. The molecule has 1 unspecified atom stereocenters. The van der Waals surface area contributed by atoms with E-state index in [1.54, 1.807) is 0 Å². The van der Waals surface area contributed by atoms with E-state index in [-0.39, 0.29) is 12.2 Å². The van der Waals surface area contributed by atoms with Crippen LogP contribution in [-0.4, -0.2) is 30.6 Å². The van der Waals surface area contributed by atoms with Gasteiger partial charge in [0.25, 0.3) is 0 Å². The van der Waals surface area contributed by atoms with E-state index in [0.29, 0.717) is 0 Å². The molecule has 0 radical (unpaired) electrons. The van der Waals surface area contributed by atoms with Gasteiger partial charge in [0.15, 0.2) is 0 Å². The van der Waals surface area contributed by atoms with E-state index in [9.17, 15) is 0 Å². The van der Waals surface area contributed by atoms with Crippen molar-refractivity contribution in [1.29, 1.82) is 0 Å². The van der Waals surface area contributed by atoms with Gasteiger partial charge >= 0.3 is 0 Å². The van der Waals surface area contributed by atoms with Gasteiger partial charge in [-0.2, -0.15) is 0 Å². The number of piperidine rings is 1. The highest BCUT2D eigenvalue weighted by molar-refractivity contribution is 5.39. The third-order valence-corrected chi connectivity index (χ3v) is 5.69. The Morgan fingerprint density at radius 2 is 1.48 bits per heavy atom. The Kier molecular flexibility index (Phi) is 6.60. The molecule has 4 rings (SSSR count). The molecule has 1 heterocycles. The van der Waals surface area contributed by atoms with Gasteiger partial charge in [-0.05, 0) is 54.6 Å². The molecule has 3 nitrogen and oxygen atoms in total. The molecular weight excluding hydrogens is 356 g/mol. The molecule has 3 aromatic carbocycles. The van der Waals surface area contributed by atoms with Crippen LogP contribution in [-0.2, 0) is 11.2 Å². The van der Waals surface area contributed by atoms with Gasteiger partial charge < -0.3 is 15.4 Å². The van der Waals surface area contributed by atoms with Crippen molar-refractivity contribution in [2.45, 2.75) is 31.5 Å². The van der Waals surface area contributed by atoms with E-state index in [1.165, 1.54) is 23.1 Å². The zero-order chi connectivity index (χ0) is 19.9. The predicted octanol–water partition coefficient (Wildman–Crippen LogP) is 5.08. The quantitative estimate of drug-likeness (QED) is 0.575. The van der Waals surface area contributed by atoms with Crippen LogP contribution >= 0.6 is 0 Å². The highest BCUT2D eigenvalue weighted by Crippen LogP contribution is 2.29. The molecule has 0 saturated carbocycles. The van der Waals surface area contributed by atoms with Gasteiger partial charge in [0.2, 0.25) is 0 Å². The fraction of sp³-hybridized carbons (Fsp3) is 0.308. The van der Waals surface area contributed by atoms with Crippen LogP contribution in [0.5, 0.6) is 0 Å². The van der Waals surface area contributed by atoms with E-state index in [1.807, 2.05) is 12.1 Å². The lowest BCUT2D eigenvalue weighted by molar-refractivity contribution is -0.0330. The van der Waals surface area contributed by atoms with Crippen molar-refractivity contribution in [3.8, 4) is 0 Å². The molecule has 1 aliphatic heterocycles. The molecular formula is C26H30N2O. The van der Waals surface area contributed by atoms with E-state index >= 15 is 0 Å². The lowest BCUT2D eigenvalue weighted by atomic mass is 10.00. The normalized spacial score (nSPS) is 17.5. The summed E-state index contributed by atoms with van der Waals surface area (Å²) in [5, 5.41) is 0. The van der Waals surface area contributed by atoms with Crippen molar-refractivity contribution in [3.63, 3.8) is 0 Å². The summed E-state index contributed by atoms with van der Waals surface area (Å²) in [5.41, 5.74) is 10.4. The highest BCUT2D eigenvalue weighted by Gasteiger charge is 2.25. The van der Waals surface area contributed by atoms with E-state index < -0.39 is 0 Å². The van der Waals surface area contributed by atoms with Crippen LogP contribution < -0.4 is 5.73 Å². The number of benzene rings is 3. The molecule has 0 aliphatic carbocycles. The molecule has 150 valence electrons. The van der Waals surface area contributed by atoms with Gasteiger partial charge in [-0.15, -0.1) is 0 Å². The van der Waals surface area contributed by atoms with Crippen LogP contribution in [0.2, 0.25) is 0 Å². The molecule has 1 atom stereocenters. The zero-order valence-corrected chi connectivity index (χ0v) is 16.9. The minimum atomic E-state index is -0.0144. The molecule has 2 N–H and O–H groups in total. The summed E-state index contributed by atoms with van der Waals surface area (Å²) in [6, 6.07) is 29.4. The Balaban J connectivity index is 1.40. The van der Waals surface area contributed by atoms with Crippen molar-refractivity contribution in [3.05, 3.63) is 102 Å². The summed E-state index contributed by atoms with van der Waals surface area (Å²) in [6.07, 6.45) is 3.59. The topological polar surface area (TPSA) is 38.5 Å². The minimum absolute atomic E-state index is 0.0144. The second-order valence-electron chi connectivity index (χ2n) is 7.89. The molecule has 0 bridgehead atoms. The number of nitrogen functional groups attached to an aromatic ring is 1. The average molecular weight is 387 g/mol. The first kappa shape index (κ1) is 19.7. The summed E-state index contributed by atoms with van der Waals surface area (Å²) in [4.78, 5) is 2.54. The first-order chi connectivity index (χ1) is 14.3. The second kappa shape index (κ2) is 9.73. The maximum Gasteiger partial charge on any atom is 0.108 e. The SMILES string of the molecule is Nc1ccc(CCN2CCCC(OC(c3ccccc3)c3ccccc3)C2)cc1. The van der Waals surface area contributed by atoms with Gasteiger partial charge in [0.1, 0.15) is 6.10 Å². The molecule has 0 aromatic heterocycles. The highest BCUT2D eigenvalue weighted by atomic mass is 16.5.